The molecule has 0 saturated heterocycles. The highest BCUT2D eigenvalue weighted by atomic mass is 16.5. The molecule has 0 radical (unpaired) electrons. The molecule has 22 heavy (non-hydrogen) atoms. The lowest BCUT2D eigenvalue weighted by Crippen LogP contribution is -2.42. The van der Waals surface area contributed by atoms with Gasteiger partial charge in [-0.25, -0.2) is 10.0 Å². The van der Waals surface area contributed by atoms with Gasteiger partial charge in [-0.05, 0) is 24.5 Å². The van der Waals surface area contributed by atoms with Gasteiger partial charge in [-0.15, -0.1) is 0 Å². The van der Waals surface area contributed by atoms with E-state index >= 15 is 0 Å². The highest BCUT2D eigenvalue weighted by molar-refractivity contribution is 6.20. The number of amides is 2. The van der Waals surface area contributed by atoms with Gasteiger partial charge in [0.2, 0.25) is 0 Å². The second kappa shape index (κ2) is 5.42. The molecule has 0 spiro atoms. The van der Waals surface area contributed by atoms with Gasteiger partial charge in [-0.1, -0.05) is 24.3 Å². The van der Waals surface area contributed by atoms with Crippen LogP contribution < -0.4 is 0 Å². The van der Waals surface area contributed by atoms with Crippen LogP contribution in [0.5, 0.6) is 0 Å². The molecule has 2 aliphatic rings. The van der Waals surface area contributed by atoms with Gasteiger partial charge in [0.15, 0.2) is 0 Å². The van der Waals surface area contributed by atoms with Crippen LogP contribution in [0.25, 0.3) is 5.76 Å². The Hall–Kier alpha value is -2.40. The fourth-order valence-electron chi connectivity index (χ4n) is 2.95. The molecule has 1 aliphatic carbocycles. The average molecular weight is 298 g/mol. The molecule has 2 amide bonds. The predicted octanol–water partition coefficient (Wildman–Crippen LogP) is 1.76. The van der Waals surface area contributed by atoms with Crippen LogP contribution in [-0.2, 0) is 20.7 Å². The Kier molecular flexibility index (Phi) is 3.58. The number of fused-ring (bicyclic) bond motifs is 1. The zero-order valence-corrected chi connectivity index (χ0v) is 12.9. The van der Waals surface area contributed by atoms with Gasteiger partial charge in [-0.2, -0.15) is 0 Å². The molecule has 0 aromatic heterocycles. The summed E-state index contributed by atoms with van der Waals surface area (Å²) in [6, 6.07) is 7.91. The van der Waals surface area contributed by atoms with Crippen molar-refractivity contribution in [1.82, 2.24) is 10.0 Å². The maximum atomic E-state index is 12.5. The quantitative estimate of drug-likeness (QED) is 0.781. The third kappa shape index (κ3) is 2.14. The summed E-state index contributed by atoms with van der Waals surface area (Å²) in [5, 5.41) is 2.69. The van der Waals surface area contributed by atoms with Crippen LogP contribution in [0.3, 0.4) is 0 Å². The summed E-state index contributed by atoms with van der Waals surface area (Å²) in [5.74, 6) is 0.0829. The van der Waals surface area contributed by atoms with E-state index in [1.807, 2.05) is 24.3 Å². The Labute approximate surface area is 129 Å². The van der Waals surface area contributed by atoms with Crippen LogP contribution in [0.4, 0.5) is 0 Å². The number of aryl methyl sites for hydroxylation is 1. The van der Waals surface area contributed by atoms with E-state index in [9.17, 15) is 9.59 Å². The molecule has 1 aliphatic heterocycles. The Balaban J connectivity index is 2.13. The van der Waals surface area contributed by atoms with E-state index in [2.05, 4.69) is 0 Å². The molecule has 5 heteroatoms. The van der Waals surface area contributed by atoms with Crippen molar-refractivity contribution in [2.45, 2.75) is 12.8 Å². The molecule has 1 aromatic rings. The number of hydrogen-bond donors (Lipinski definition) is 0. The predicted molar refractivity (Wildman–Crippen MR) is 82.3 cm³/mol. The summed E-state index contributed by atoms with van der Waals surface area (Å²) >= 11 is 0. The average Bonchev–Trinajstić information content (AvgIpc) is 2.70. The van der Waals surface area contributed by atoms with Gasteiger partial charge in [0.25, 0.3) is 11.8 Å². The highest BCUT2D eigenvalue weighted by Gasteiger charge is 2.39. The Morgan fingerprint density at radius 2 is 1.82 bits per heavy atom. The summed E-state index contributed by atoms with van der Waals surface area (Å²) in [5.41, 5.74) is 3.08. The molecular weight excluding hydrogens is 280 g/mol. The summed E-state index contributed by atoms with van der Waals surface area (Å²) < 4.78 is 5.47. The lowest BCUT2D eigenvalue weighted by Gasteiger charge is -2.21. The fourth-order valence-corrected chi connectivity index (χ4v) is 2.95. The number of carbonyl (C=O) groups is 2. The first-order valence-electron chi connectivity index (χ1n) is 7.17. The normalized spacial score (nSPS) is 20.4. The van der Waals surface area contributed by atoms with Gasteiger partial charge in [0.05, 0.1) is 12.7 Å². The maximum Gasteiger partial charge on any atom is 0.276 e. The number of hydrazine groups is 1. The minimum Gasteiger partial charge on any atom is -0.496 e. The van der Waals surface area contributed by atoms with E-state index in [0.717, 1.165) is 11.1 Å². The van der Waals surface area contributed by atoms with Crippen LogP contribution in [0.2, 0.25) is 0 Å². The minimum absolute atomic E-state index is 0.240. The maximum absolute atomic E-state index is 12.5. The third-order valence-electron chi connectivity index (χ3n) is 4.02. The Bertz CT molecular complexity index is 716. The van der Waals surface area contributed by atoms with E-state index in [1.165, 1.54) is 10.0 Å². The minimum atomic E-state index is -0.293. The van der Waals surface area contributed by atoms with Crippen LogP contribution >= 0.6 is 0 Å². The first-order valence-corrected chi connectivity index (χ1v) is 7.17. The Morgan fingerprint density at radius 1 is 1.09 bits per heavy atom. The first kappa shape index (κ1) is 14.5. The third-order valence-corrected chi connectivity index (χ3v) is 4.02. The number of imide groups is 1. The highest BCUT2D eigenvalue weighted by Crippen LogP contribution is 2.33. The first-order chi connectivity index (χ1) is 10.5. The van der Waals surface area contributed by atoms with Gasteiger partial charge in [0, 0.05) is 25.2 Å². The second-order valence-electron chi connectivity index (χ2n) is 5.53. The number of methoxy groups -OCH3 is 1. The van der Waals surface area contributed by atoms with Gasteiger partial charge >= 0.3 is 0 Å². The molecular formula is C17H18N2O3. The van der Waals surface area contributed by atoms with Gasteiger partial charge in [0.1, 0.15) is 5.76 Å². The molecule has 0 saturated carbocycles. The summed E-state index contributed by atoms with van der Waals surface area (Å²) in [4.78, 5) is 25.0. The van der Waals surface area contributed by atoms with E-state index in [-0.39, 0.29) is 11.8 Å². The topological polar surface area (TPSA) is 49.9 Å². The molecule has 1 heterocycles. The van der Waals surface area contributed by atoms with Crippen molar-refractivity contribution < 1.29 is 14.3 Å². The van der Waals surface area contributed by atoms with E-state index in [1.54, 1.807) is 27.3 Å². The molecule has 0 fully saturated rings. The molecule has 1 aromatic carbocycles. The van der Waals surface area contributed by atoms with Crippen LogP contribution in [0, 0.1) is 0 Å². The number of hydrogen-bond acceptors (Lipinski definition) is 4. The van der Waals surface area contributed by atoms with Crippen molar-refractivity contribution in [3.8, 4) is 0 Å². The monoisotopic (exact) mass is 298 g/mol. The number of carbonyl (C=O) groups excluding carboxylic acids is 2. The molecule has 114 valence electrons. The number of nitrogens with zero attached hydrogens (tertiary/aromatic N) is 2. The van der Waals surface area contributed by atoms with Crippen molar-refractivity contribution >= 4 is 17.6 Å². The number of rotatable bonds is 2. The zero-order chi connectivity index (χ0) is 15.9. The van der Waals surface area contributed by atoms with Crippen LogP contribution in [0.1, 0.15) is 17.5 Å². The van der Waals surface area contributed by atoms with Gasteiger partial charge < -0.3 is 4.74 Å². The molecule has 0 atom stereocenters. The summed E-state index contributed by atoms with van der Waals surface area (Å²) in [7, 11) is 4.95. The van der Waals surface area contributed by atoms with Crippen LogP contribution in [0.15, 0.2) is 41.5 Å². The van der Waals surface area contributed by atoms with E-state index in [0.29, 0.717) is 29.7 Å². The number of ether oxygens (including phenoxy) is 1. The van der Waals surface area contributed by atoms with Crippen molar-refractivity contribution in [3.05, 3.63) is 52.6 Å². The smallest absolute Gasteiger partial charge is 0.276 e. The number of benzene rings is 1. The lowest BCUT2D eigenvalue weighted by molar-refractivity contribution is -0.151. The van der Waals surface area contributed by atoms with E-state index in [4.69, 9.17) is 4.74 Å². The van der Waals surface area contributed by atoms with Crippen molar-refractivity contribution in [3.63, 3.8) is 0 Å². The van der Waals surface area contributed by atoms with Gasteiger partial charge in [-0.3, -0.25) is 9.59 Å². The summed E-state index contributed by atoms with van der Waals surface area (Å²) in [6.45, 7) is 0. The van der Waals surface area contributed by atoms with Crippen molar-refractivity contribution in [2.24, 2.45) is 0 Å². The van der Waals surface area contributed by atoms with Crippen molar-refractivity contribution in [2.75, 3.05) is 21.2 Å². The Morgan fingerprint density at radius 3 is 2.50 bits per heavy atom. The standard InChI is InChI=1S/C17H18N2O3/c1-18(2)19-16(20)13-9-8-11-6-4-5-7-12(11)15(22-3)10-14(13)17(19)21/h4-7,10H,8-9H2,1-3H3/b15-10+. The SMILES string of the molecule is CO/C1=C/C2=C(CCc3ccccc31)C(=O)N(N(C)C)C2=O. The molecule has 3 rings (SSSR count). The summed E-state index contributed by atoms with van der Waals surface area (Å²) in [6.07, 6.45) is 2.95. The fraction of sp³-hybridized carbons (Fsp3) is 0.294. The molecule has 0 unspecified atom stereocenters. The molecule has 0 N–H and O–H groups in total. The van der Waals surface area contributed by atoms with Crippen LogP contribution in [-0.4, -0.2) is 43.0 Å². The second-order valence-corrected chi connectivity index (χ2v) is 5.53. The molecule has 0 bridgehead atoms. The molecule has 5 nitrogen and oxygen atoms in total. The van der Waals surface area contributed by atoms with Crippen molar-refractivity contribution in [1.29, 1.82) is 0 Å². The largest absolute Gasteiger partial charge is 0.496 e. The lowest BCUT2D eigenvalue weighted by atomic mass is 9.93. The zero-order valence-electron chi connectivity index (χ0n) is 12.9. The van der Waals surface area contributed by atoms with E-state index < -0.39 is 0 Å².